The fourth-order valence-corrected chi connectivity index (χ4v) is 2.80. The second-order valence-electron chi connectivity index (χ2n) is 6.23. The summed E-state index contributed by atoms with van der Waals surface area (Å²) in [5.41, 5.74) is 0.861. The minimum absolute atomic E-state index is 0.0183. The molecular weight excluding hydrogens is 290 g/mol. The maximum Gasteiger partial charge on any atom is 0.234 e. The van der Waals surface area contributed by atoms with E-state index in [0.717, 1.165) is 31.9 Å². The normalized spacial score (nSPS) is 17.7. The van der Waals surface area contributed by atoms with Gasteiger partial charge < -0.3 is 5.32 Å². The molecule has 1 fully saturated rings. The van der Waals surface area contributed by atoms with Crippen molar-refractivity contribution in [2.75, 3.05) is 32.7 Å². The van der Waals surface area contributed by atoms with Crippen LogP contribution in [0.25, 0.3) is 0 Å². The molecule has 2 rings (SSSR count). The van der Waals surface area contributed by atoms with Crippen molar-refractivity contribution < 1.29 is 4.79 Å². The molecule has 0 aliphatic carbocycles. The van der Waals surface area contributed by atoms with Gasteiger partial charge in [-0.1, -0.05) is 19.9 Å². The summed E-state index contributed by atoms with van der Waals surface area (Å²) in [6.45, 7) is 8.33. The maximum atomic E-state index is 12.0. The monoisotopic (exact) mass is 315 g/mol. The Labute approximate surface area is 138 Å². The molecule has 0 saturated carbocycles. The Kier molecular flexibility index (Phi) is 6.51. The molecule has 1 amide bonds. The number of nitriles is 1. The van der Waals surface area contributed by atoms with Gasteiger partial charge in [-0.15, -0.1) is 0 Å². The molecule has 0 aromatic carbocycles. The summed E-state index contributed by atoms with van der Waals surface area (Å²) in [5, 5.41) is 12.2. The summed E-state index contributed by atoms with van der Waals surface area (Å²) >= 11 is 0. The molecule has 0 radical (unpaired) electrons. The number of carbonyl (C=O) groups excluding carboxylic acids is 1. The Balaban J connectivity index is 1.71. The Morgan fingerprint density at radius 3 is 2.65 bits per heavy atom. The summed E-state index contributed by atoms with van der Waals surface area (Å²) in [7, 11) is 0. The molecule has 2 heterocycles. The SMILES string of the molecule is CC(C)[C@@H](C#N)N1CCN(CC(=O)NCc2ccccn2)CC1. The average molecular weight is 315 g/mol. The van der Waals surface area contributed by atoms with E-state index in [0.29, 0.717) is 19.0 Å². The Bertz CT molecular complexity index is 532. The van der Waals surface area contributed by atoms with Crippen molar-refractivity contribution in [1.82, 2.24) is 20.1 Å². The molecule has 124 valence electrons. The smallest absolute Gasteiger partial charge is 0.234 e. The van der Waals surface area contributed by atoms with Crippen molar-refractivity contribution in [3.8, 4) is 6.07 Å². The molecule has 23 heavy (non-hydrogen) atoms. The van der Waals surface area contributed by atoms with Crippen LogP contribution in [-0.2, 0) is 11.3 Å². The lowest BCUT2D eigenvalue weighted by molar-refractivity contribution is -0.122. The van der Waals surface area contributed by atoms with Crippen molar-refractivity contribution in [1.29, 1.82) is 5.26 Å². The third-order valence-corrected chi connectivity index (χ3v) is 4.12. The number of rotatable bonds is 6. The first-order chi connectivity index (χ1) is 11.1. The molecule has 1 N–H and O–H groups in total. The summed E-state index contributed by atoms with van der Waals surface area (Å²) in [5.74, 6) is 0.345. The minimum atomic E-state index is -0.0323. The highest BCUT2D eigenvalue weighted by atomic mass is 16.2. The molecule has 0 spiro atoms. The lowest BCUT2D eigenvalue weighted by atomic mass is 10.0. The van der Waals surface area contributed by atoms with Crippen LogP contribution in [0.15, 0.2) is 24.4 Å². The van der Waals surface area contributed by atoms with E-state index < -0.39 is 0 Å². The number of amides is 1. The molecule has 1 aliphatic rings. The molecule has 6 heteroatoms. The summed E-state index contributed by atoms with van der Waals surface area (Å²) in [6, 6.07) is 8.02. The van der Waals surface area contributed by atoms with Gasteiger partial charge in [0.15, 0.2) is 0 Å². The third-order valence-electron chi connectivity index (χ3n) is 4.12. The van der Waals surface area contributed by atoms with Crippen molar-refractivity contribution in [2.24, 2.45) is 5.92 Å². The summed E-state index contributed by atoms with van der Waals surface area (Å²) < 4.78 is 0. The van der Waals surface area contributed by atoms with Crippen LogP contribution in [0.2, 0.25) is 0 Å². The average Bonchev–Trinajstić information content (AvgIpc) is 2.56. The molecule has 0 unspecified atom stereocenters. The Morgan fingerprint density at radius 1 is 1.35 bits per heavy atom. The van der Waals surface area contributed by atoms with Gasteiger partial charge in [-0.2, -0.15) is 5.26 Å². The van der Waals surface area contributed by atoms with Crippen molar-refractivity contribution >= 4 is 5.91 Å². The number of nitrogens with one attached hydrogen (secondary N) is 1. The number of hydrogen-bond donors (Lipinski definition) is 1. The standard InChI is InChI=1S/C17H25N5O/c1-14(2)16(11-18)22-9-7-21(8-10-22)13-17(23)20-12-15-5-3-4-6-19-15/h3-6,14,16H,7-10,12-13H2,1-2H3,(H,20,23)/t16-/m1/s1. The van der Waals surface area contributed by atoms with Crippen LogP contribution >= 0.6 is 0 Å². The highest BCUT2D eigenvalue weighted by Crippen LogP contribution is 2.12. The lowest BCUT2D eigenvalue weighted by Crippen LogP contribution is -2.53. The van der Waals surface area contributed by atoms with Gasteiger partial charge in [-0.25, -0.2) is 0 Å². The summed E-state index contributed by atoms with van der Waals surface area (Å²) in [4.78, 5) is 20.6. The first-order valence-electron chi connectivity index (χ1n) is 8.12. The second kappa shape index (κ2) is 8.61. The predicted octanol–water partition coefficient (Wildman–Crippen LogP) is 0.864. The van der Waals surface area contributed by atoms with Crippen LogP contribution in [0.1, 0.15) is 19.5 Å². The van der Waals surface area contributed by atoms with Gasteiger partial charge in [-0.3, -0.25) is 19.6 Å². The number of aromatic nitrogens is 1. The van der Waals surface area contributed by atoms with E-state index in [1.807, 2.05) is 18.2 Å². The molecular formula is C17H25N5O. The van der Waals surface area contributed by atoms with E-state index in [-0.39, 0.29) is 11.9 Å². The third kappa shape index (κ3) is 5.31. The second-order valence-corrected chi connectivity index (χ2v) is 6.23. The fourth-order valence-electron chi connectivity index (χ4n) is 2.80. The number of hydrogen-bond acceptors (Lipinski definition) is 5. The molecule has 1 atom stereocenters. The van der Waals surface area contributed by atoms with Crippen molar-refractivity contribution in [3.05, 3.63) is 30.1 Å². The molecule has 6 nitrogen and oxygen atoms in total. The van der Waals surface area contributed by atoms with Crippen LogP contribution in [0, 0.1) is 17.2 Å². The lowest BCUT2D eigenvalue weighted by Gasteiger charge is -2.37. The number of piperazine rings is 1. The Hall–Kier alpha value is -1.97. The molecule has 1 aromatic heterocycles. The van der Waals surface area contributed by atoms with E-state index in [2.05, 4.69) is 40.0 Å². The first-order valence-corrected chi connectivity index (χ1v) is 8.12. The van der Waals surface area contributed by atoms with E-state index in [1.54, 1.807) is 6.20 Å². The first kappa shape index (κ1) is 17.4. The van der Waals surface area contributed by atoms with Gasteiger partial charge in [0.25, 0.3) is 0 Å². The molecule has 1 saturated heterocycles. The van der Waals surface area contributed by atoms with Crippen LogP contribution in [0.4, 0.5) is 0 Å². The van der Waals surface area contributed by atoms with Crippen LogP contribution in [0.5, 0.6) is 0 Å². The zero-order chi connectivity index (χ0) is 16.7. The summed E-state index contributed by atoms with van der Waals surface area (Å²) in [6.07, 6.45) is 1.72. The highest BCUT2D eigenvalue weighted by molar-refractivity contribution is 5.77. The number of carbonyl (C=O) groups is 1. The highest BCUT2D eigenvalue weighted by Gasteiger charge is 2.26. The van der Waals surface area contributed by atoms with E-state index in [1.165, 1.54) is 0 Å². The maximum absolute atomic E-state index is 12.0. The predicted molar refractivity (Wildman–Crippen MR) is 88.3 cm³/mol. The molecule has 0 bridgehead atoms. The van der Waals surface area contributed by atoms with Crippen molar-refractivity contribution in [2.45, 2.75) is 26.4 Å². The van der Waals surface area contributed by atoms with Gasteiger partial charge in [-0.05, 0) is 18.1 Å². The Morgan fingerprint density at radius 2 is 2.09 bits per heavy atom. The largest absolute Gasteiger partial charge is 0.349 e. The van der Waals surface area contributed by atoms with Gasteiger partial charge in [0, 0.05) is 32.4 Å². The quantitative estimate of drug-likeness (QED) is 0.843. The van der Waals surface area contributed by atoms with Gasteiger partial charge in [0.2, 0.25) is 5.91 Å². The zero-order valence-electron chi connectivity index (χ0n) is 13.9. The minimum Gasteiger partial charge on any atom is -0.349 e. The number of pyridine rings is 1. The molecule has 1 aliphatic heterocycles. The van der Waals surface area contributed by atoms with Crippen molar-refractivity contribution in [3.63, 3.8) is 0 Å². The molecule has 1 aromatic rings. The van der Waals surface area contributed by atoms with Crippen LogP contribution < -0.4 is 5.32 Å². The number of nitrogens with zero attached hydrogens (tertiary/aromatic N) is 4. The van der Waals surface area contributed by atoms with E-state index in [9.17, 15) is 10.1 Å². The zero-order valence-corrected chi connectivity index (χ0v) is 13.9. The van der Waals surface area contributed by atoms with Crippen LogP contribution in [0.3, 0.4) is 0 Å². The van der Waals surface area contributed by atoms with Gasteiger partial charge in [0.05, 0.1) is 24.9 Å². The fraction of sp³-hybridized carbons (Fsp3) is 0.588. The van der Waals surface area contributed by atoms with E-state index in [4.69, 9.17) is 0 Å². The van der Waals surface area contributed by atoms with Gasteiger partial charge in [0.1, 0.15) is 6.04 Å². The van der Waals surface area contributed by atoms with Crippen LogP contribution in [-0.4, -0.2) is 59.5 Å². The van der Waals surface area contributed by atoms with E-state index >= 15 is 0 Å². The van der Waals surface area contributed by atoms with Gasteiger partial charge >= 0.3 is 0 Å². The topological polar surface area (TPSA) is 72.3 Å².